The first-order chi connectivity index (χ1) is 31.0. The summed E-state index contributed by atoms with van der Waals surface area (Å²) in [6.45, 7) is 14.4. The van der Waals surface area contributed by atoms with Crippen LogP contribution in [0, 0.1) is 0 Å². The number of nitrogens with one attached hydrogen (secondary N) is 1. The molecule has 0 saturated carbocycles. The average Bonchev–Trinajstić information content (AvgIpc) is 3.78. The maximum atomic E-state index is 5.27. The summed E-state index contributed by atoms with van der Waals surface area (Å²) in [5.41, 5.74) is 17.0. The van der Waals surface area contributed by atoms with Crippen molar-refractivity contribution in [3.63, 3.8) is 0 Å². The highest BCUT2D eigenvalue weighted by atomic mass is 15.2. The van der Waals surface area contributed by atoms with E-state index in [4.69, 9.17) is 9.98 Å². The number of nitrogens with zero attached hydrogens (tertiary/aromatic N) is 3. The highest BCUT2D eigenvalue weighted by Crippen LogP contribution is 2.54. The van der Waals surface area contributed by atoms with Gasteiger partial charge in [-0.05, 0) is 128 Å². The molecule has 7 aromatic carbocycles. The molecule has 0 fully saturated rings. The van der Waals surface area contributed by atoms with E-state index >= 15 is 0 Å². The van der Waals surface area contributed by atoms with Gasteiger partial charge >= 0.3 is 0 Å². The number of rotatable bonds is 5. The van der Waals surface area contributed by atoms with E-state index in [1.807, 2.05) is 0 Å². The maximum Gasteiger partial charge on any atom is 0.159 e. The van der Waals surface area contributed by atoms with Crippen LogP contribution in [0.2, 0.25) is 0 Å². The van der Waals surface area contributed by atoms with Crippen LogP contribution < -0.4 is 5.32 Å². The molecule has 3 aliphatic carbocycles. The lowest BCUT2D eigenvalue weighted by atomic mass is 9.63. The molecule has 64 heavy (non-hydrogen) atoms. The van der Waals surface area contributed by atoms with Crippen molar-refractivity contribution in [2.24, 2.45) is 9.98 Å². The van der Waals surface area contributed by atoms with E-state index in [-0.39, 0.29) is 22.4 Å². The predicted octanol–water partition coefficient (Wildman–Crippen LogP) is 14.6. The van der Waals surface area contributed by atoms with Crippen LogP contribution in [-0.2, 0) is 16.2 Å². The number of hydrogen-bond acceptors (Lipinski definition) is 3. The summed E-state index contributed by atoms with van der Waals surface area (Å²) >= 11 is 0. The van der Waals surface area contributed by atoms with Gasteiger partial charge in [0.15, 0.2) is 5.84 Å². The van der Waals surface area contributed by atoms with Gasteiger partial charge in [0.1, 0.15) is 12.0 Å². The second-order valence-corrected chi connectivity index (χ2v) is 20.4. The van der Waals surface area contributed by atoms with Crippen LogP contribution in [0.15, 0.2) is 179 Å². The zero-order valence-electron chi connectivity index (χ0n) is 37.7. The average molecular weight is 831 g/mol. The molecule has 1 aromatic heterocycles. The minimum Gasteiger partial charge on any atom is -0.344 e. The first-order valence-corrected chi connectivity index (χ1v) is 23.2. The number of hydrogen-bond donors (Lipinski definition) is 1. The van der Waals surface area contributed by atoms with Crippen LogP contribution in [0.4, 0.5) is 0 Å². The van der Waals surface area contributed by atoms with Gasteiger partial charge in [-0.2, -0.15) is 0 Å². The SMILES string of the molecule is CC1(C)CCC(C)(C)c2cc3c(cc21)c1c2ccccc2ccc1n3-c1ccc(C2=NC(c3ccc(C4CC=CC5=C4c4ccccc4C5(C)C)cc3)=NC(c3ccccc3)N2)cc1. The largest absolute Gasteiger partial charge is 0.344 e. The van der Waals surface area contributed by atoms with Crippen molar-refractivity contribution in [3.8, 4) is 5.69 Å². The van der Waals surface area contributed by atoms with E-state index in [1.165, 1.54) is 84.4 Å². The summed E-state index contributed by atoms with van der Waals surface area (Å²) in [4.78, 5) is 10.5. The Labute approximate surface area is 376 Å². The fraction of sp³-hybridized carbons (Fsp3) is 0.233. The van der Waals surface area contributed by atoms with Crippen LogP contribution >= 0.6 is 0 Å². The van der Waals surface area contributed by atoms with Gasteiger partial charge in [0.2, 0.25) is 0 Å². The molecule has 12 rings (SSSR count). The van der Waals surface area contributed by atoms with Crippen molar-refractivity contribution < 1.29 is 0 Å². The fourth-order valence-electron chi connectivity index (χ4n) is 11.6. The number of aliphatic imine (C=N–C) groups is 2. The van der Waals surface area contributed by atoms with Crippen molar-refractivity contribution in [1.29, 1.82) is 0 Å². The van der Waals surface area contributed by atoms with Crippen molar-refractivity contribution in [2.45, 2.75) is 89.1 Å². The van der Waals surface area contributed by atoms with E-state index in [0.717, 1.165) is 40.5 Å². The Balaban J connectivity index is 0.939. The van der Waals surface area contributed by atoms with Crippen molar-refractivity contribution in [1.82, 2.24) is 9.88 Å². The third kappa shape index (κ3) is 5.95. The Morgan fingerprint density at radius 2 is 1.28 bits per heavy atom. The third-order valence-corrected chi connectivity index (χ3v) is 15.3. The van der Waals surface area contributed by atoms with Crippen LogP contribution in [0.5, 0.6) is 0 Å². The van der Waals surface area contributed by atoms with Gasteiger partial charge in [0.25, 0.3) is 0 Å². The van der Waals surface area contributed by atoms with Crippen LogP contribution in [0.3, 0.4) is 0 Å². The summed E-state index contributed by atoms with van der Waals surface area (Å²) in [6.07, 6.45) is 7.81. The van der Waals surface area contributed by atoms with E-state index in [1.54, 1.807) is 0 Å². The molecule has 4 heteroatoms. The number of benzene rings is 7. The molecule has 8 aromatic rings. The molecule has 0 saturated heterocycles. The zero-order valence-corrected chi connectivity index (χ0v) is 37.7. The van der Waals surface area contributed by atoms with Gasteiger partial charge in [-0.15, -0.1) is 0 Å². The van der Waals surface area contributed by atoms with Crippen molar-refractivity contribution in [3.05, 3.63) is 214 Å². The van der Waals surface area contributed by atoms with Gasteiger partial charge < -0.3 is 9.88 Å². The number of amidine groups is 2. The summed E-state index contributed by atoms with van der Waals surface area (Å²) in [7, 11) is 0. The molecule has 4 nitrogen and oxygen atoms in total. The molecule has 2 heterocycles. The predicted molar refractivity (Wildman–Crippen MR) is 268 cm³/mol. The Bertz CT molecular complexity index is 3330. The molecule has 0 radical (unpaired) electrons. The Kier molecular flexibility index (Phi) is 8.57. The number of aromatic nitrogens is 1. The van der Waals surface area contributed by atoms with Gasteiger partial charge in [0.05, 0.1) is 11.0 Å². The molecule has 1 N–H and O–H groups in total. The van der Waals surface area contributed by atoms with Gasteiger partial charge in [0, 0.05) is 38.9 Å². The smallest absolute Gasteiger partial charge is 0.159 e. The number of allylic oxidation sites excluding steroid dienone is 4. The molecule has 314 valence electrons. The fourth-order valence-corrected chi connectivity index (χ4v) is 11.6. The number of fused-ring (bicyclic) bond motifs is 8. The minimum atomic E-state index is -0.277. The normalized spacial score (nSPS) is 20.4. The van der Waals surface area contributed by atoms with Gasteiger partial charge in [-0.25, -0.2) is 9.98 Å². The van der Waals surface area contributed by atoms with Crippen LogP contribution in [0.1, 0.15) is 117 Å². The molecular formula is C60H54N4. The first kappa shape index (κ1) is 38.9. The molecule has 0 bridgehead atoms. The third-order valence-electron chi connectivity index (χ3n) is 15.3. The zero-order chi connectivity index (χ0) is 43.5. The molecular weight excluding hydrogens is 777 g/mol. The molecule has 1 aliphatic heterocycles. The first-order valence-electron chi connectivity index (χ1n) is 23.2. The molecule has 2 atom stereocenters. The summed E-state index contributed by atoms with van der Waals surface area (Å²) in [5.74, 6) is 1.86. The van der Waals surface area contributed by atoms with E-state index < -0.39 is 0 Å². The highest BCUT2D eigenvalue weighted by Gasteiger charge is 2.41. The molecule has 0 amide bonds. The summed E-state index contributed by atoms with van der Waals surface area (Å²) in [6, 6.07) is 56.0. The standard InChI is InChI=1S/C60H54N4/c1-58(2)33-34-59(3,4)50-36-52-46(35-49(50)58)54-44-18-11-10-15-37(44)29-32-51(54)64(52)42-30-27-41(28-31-42)57-62-55(39-16-8-7-9-17-39)61-56(63-57)40-25-23-38(24-26-40)43-20-14-22-48-53(43)45-19-12-13-21-47(45)60(48,5)6/h7-19,21-32,35-36,43,55H,20,33-34H2,1-6H3,(H,61,62,63). The Morgan fingerprint density at radius 3 is 2.06 bits per heavy atom. The van der Waals surface area contributed by atoms with Crippen molar-refractivity contribution in [2.75, 3.05) is 0 Å². The molecule has 4 aliphatic rings. The second kappa shape index (κ2) is 14.1. The summed E-state index contributed by atoms with van der Waals surface area (Å²) < 4.78 is 2.49. The Morgan fingerprint density at radius 1 is 0.594 bits per heavy atom. The van der Waals surface area contributed by atoms with Crippen LogP contribution in [0.25, 0.3) is 43.8 Å². The molecule has 0 spiro atoms. The molecule has 2 unspecified atom stereocenters. The summed E-state index contributed by atoms with van der Waals surface area (Å²) in [5, 5.41) is 8.93. The van der Waals surface area contributed by atoms with E-state index in [0.29, 0.717) is 5.92 Å². The van der Waals surface area contributed by atoms with E-state index in [2.05, 4.69) is 215 Å². The monoisotopic (exact) mass is 830 g/mol. The van der Waals surface area contributed by atoms with Crippen molar-refractivity contribution >= 4 is 49.8 Å². The van der Waals surface area contributed by atoms with E-state index in [9.17, 15) is 0 Å². The minimum absolute atomic E-state index is 0.00684. The second-order valence-electron chi connectivity index (χ2n) is 20.4. The van der Waals surface area contributed by atoms with Crippen LogP contribution in [-0.4, -0.2) is 16.2 Å². The Hall–Kier alpha value is -6.78. The van der Waals surface area contributed by atoms with Gasteiger partial charge in [-0.1, -0.05) is 163 Å². The lowest BCUT2D eigenvalue weighted by Crippen LogP contribution is -2.33. The lowest BCUT2D eigenvalue weighted by Gasteiger charge is -2.42. The topological polar surface area (TPSA) is 41.7 Å². The maximum absolute atomic E-state index is 5.27. The van der Waals surface area contributed by atoms with Gasteiger partial charge in [-0.3, -0.25) is 0 Å². The highest BCUT2D eigenvalue weighted by molar-refractivity contribution is 6.21. The lowest BCUT2D eigenvalue weighted by molar-refractivity contribution is 0.332. The quantitative estimate of drug-likeness (QED) is 0.184.